The molecular formula is C20H22N6O5. The van der Waals surface area contributed by atoms with Crippen LogP contribution in [0.1, 0.15) is 25.2 Å². The van der Waals surface area contributed by atoms with Crippen molar-refractivity contribution in [1.29, 1.82) is 0 Å². The number of benzene rings is 1. The second-order valence-corrected chi connectivity index (χ2v) is 6.59. The molecule has 0 aliphatic carbocycles. The maximum atomic E-state index is 12.9. The van der Waals surface area contributed by atoms with Crippen LogP contribution in [-0.2, 0) is 19.1 Å². The lowest BCUT2D eigenvalue weighted by Gasteiger charge is -2.26. The molecular weight excluding hydrogens is 404 g/mol. The van der Waals surface area contributed by atoms with Gasteiger partial charge in [-0.3, -0.25) is 0 Å². The van der Waals surface area contributed by atoms with Crippen LogP contribution >= 0.6 is 0 Å². The van der Waals surface area contributed by atoms with Gasteiger partial charge >= 0.3 is 18.0 Å². The first kappa shape index (κ1) is 21.7. The Bertz CT molecular complexity index is 1040. The fraction of sp³-hybridized carbons (Fsp3) is 0.300. The van der Waals surface area contributed by atoms with E-state index in [4.69, 9.17) is 9.47 Å². The molecule has 1 unspecified atom stereocenters. The van der Waals surface area contributed by atoms with Crippen LogP contribution < -0.4 is 10.6 Å². The molecule has 1 aromatic carbocycles. The van der Waals surface area contributed by atoms with Crippen molar-refractivity contribution in [1.82, 2.24) is 30.8 Å². The molecule has 1 aliphatic heterocycles. The second-order valence-electron chi connectivity index (χ2n) is 6.59. The first-order chi connectivity index (χ1) is 14.9. The van der Waals surface area contributed by atoms with Crippen molar-refractivity contribution in [2.24, 2.45) is 0 Å². The lowest BCUT2D eigenvalue weighted by atomic mass is 10.0. The van der Waals surface area contributed by atoms with Gasteiger partial charge in [-0.1, -0.05) is 30.3 Å². The molecule has 2 aromatic rings. The van der Waals surface area contributed by atoms with Crippen LogP contribution in [0.2, 0.25) is 0 Å². The van der Waals surface area contributed by atoms with Crippen LogP contribution in [-0.4, -0.2) is 57.4 Å². The number of hydrogen-bond donors (Lipinski definition) is 2. The van der Waals surface area contributed by atoms with E-state index in [0.717, 1.165) is 5.56 Å². The van der Waals surface area contributed by atoms with E-state index < -0.39 is 24.0 Å². The van der Waals surface area contributed by atoms with E-state index in [0.29, 0.717) is 5.82 Å². The number of amides is 2. The lowest BCUT2D eigenvalue weighted by Crippen LogP contribution is -2.50. The van der Waals surface area contributed by atoms with Gasteiger partial charge in [0.2, 0.25) is 0 Å². The van der Waals surface area contributed by atoms with Gasteiger partial charge in [0.25, 0.3) is 0 Å². The van der Waals surface area contributed by atoms with Gasteiger partial charge in [0.05, 0.1) is 23.9 Å². The monoisotopic (exact) mass is 426 g/mol. The number of urea groups is 1. The van der Waals surface area contributed by atoms with Crippen molar-refractivity contribution in [3.8, 4) is 0 Å². The third kappa shape index (κ3) is 5.13. The van der Waals surface area contributed by atoms with Crippen molar-refractivity contribution in [2.45, 2.75) is 26.8 Å². The molecule has 0 radical (unpaired) electrons. The van der Waals surface area contributed by atoms with E-state index in [1.807, 2.05) is 30.3 Å². The second kappa shape index (κ2) is 9.65. The third-order valence-corrected chi connectivity index (χ3v) is 4.38. The number of nitrogens with zero attached hydrogens (tertiary/aromatic N) is 4. The first-order valence-electron chi connectivity index (χ1n) is 9.57. The fourth-order valence-electron chi connectivity index (χ4n) is 2.97. The number of hydrogen-bond acceptors (Lipinski definition) is 8. The Morgan fingerprint density at radius 2 is 1.97 bits per heavy atom. The predicted octanol–water partition coefficient (Wildman–Crippen LogP) is 1.04. The molecule has 1 aromatic heterocycles. The lowest BCUT2D eigenvalue weighted by molar-refractivity contribution is -0.140. The molecule has 31 heavy (non-hydrogen) atoms. The van der Waals surface area contributed by atoms with Crippen molar-refractivity contribution >= 4 is 29.7 Å². The molecule has 0 fully saturated rings. The van der Waals surface area contributed by atoms with E-state index in [1.165, 1.54) is 4.68 Å². The smallest absolute Gasteiger partial charge is 0.357 e. The van der Waals surface area contributed by atoms with Gasteiger partial charge in [0, 0.05) is 0 Å². The Morgan fingerprint density at radius 1 is 1.23 bits per heavy atom. The predicted molar refractivity (Wildman–Crippen MR) is 109 cm³/mol. The standard InChI is InChI=1S/C20H22N6O5/c1-4-30-19(28)17-12(2)21-20(29)22-15(17)11-31-18(27)16(26-13(3)23-24-25-26)10-14-8-6-5-7-9-14/h5-10,12H,4,11H2,1-3H3,(H2,21,22,29). The first-order valence-corrected chi connectivity index (χ1v) is 9.57. The van der Waals surface area contributed by atoms with Gasteiger partial charge in [0.15, 0.2) is 11.5 Å². The van der Waals surface area contributed by atoms with Crippen LogP contribution in [0.25, 0.3) is 11.8 Å². The zero-order valence-electron chi connectivity index (χ0n) is 17.3. The highest BCUT2D eigenvalue weighted by Gasteiger charge is 2.30. The summed E-state index contributed by atoms with van der Waals surface area (Å²) < 4.78 is 11.7. The summed E-state index contributed by atoms with van der Waals surface area (Å²) >= 11 is 0. The molecule has 11 heteroatoms. The number of carbonyl (C=O) groups excluding carboxylic acids is 3. The average molecular weight is 426 g/mol. The van der Waals surface area contributed by atoms with Crippen LogP contribution in [0.4, 0.5) is 4.79 Å². The van der Waals surface area contributed by atoms with Crippen molar-refractivity contribution in [3.63, 3.8) is 0 Å². The van der Waals surface area contributed by atoms with E-state index >= 15 is 0 Å². The number of esters is 2. The SMILES string of the molecule is CCOC(=O)C1=C(COC(=O)C(=Cc2ccccc2)n2nnnc2C)NC(=O)NC1C. The normalized spacial score (nSPS) is 16.4. The molecule has 3 rings (SSSR count). The van der Waals surface area contributed by atoms with Gasteiger partial charge in [-0.15, -0.1) is 5.10 Å². The zero-order valence-corrected chi connectivity index (χ0v) is 17.3. The number of tetrazole rings is 1. The Labute approximate surface area is 178 Å². The van der Waals surface area contributed by atoms with Crippen LogP contribution in [0, 0.1) is 6.92 Å². The average Bonchev–Trinajstić information content (AvgIpc) is 3.16. The molecule has 162 valence electrons. The third-order valence-electron chi connectivity index (χ3n) is 4.38. The van der Waals surface area contributed by atoms with E-state index in [1.54, 1.807) is 26.8 Å². The van der Waals surface area contributed by atoms with Gasteiger partial charge in [0.1, 0.15) is 6.61 Å². The topological polar surface area (TPSA) is 137 Å². The molecule has 1 atom stereocenters. The molecule has 0 spiro atoms. The molecule has 0 saturated carbocycles. The minimum absolute atomic E-state index is 0.0697. The summed E-state index contributed by atoms with van der Waals surface area (Å²) in [5.74, 6) is -0.963. The molecule has 2 heterocycles. The maximum absolute atomic E-state index is 12.9. The zero-order chi connectivity index (χ0) is 22.4. The van der Waals surface area contributed by atoms with Crippen molar-refractivity contribution in [3.05, 3.63) is 53.0 Å². The molecule has 0 bridgehead atoms. The van der Waals surface area contributed by atoms with E-state index in [2.05, 4.69) is 26.2 Å². The minimum atomic E-state index is -0.740. The highest BCUT2D eigenvalue weighted by Crippen LogP contribution is 2.17. The van der Waals surface area contributed by atoms with Gasteiger partial charge in [-0.2, -0.15) is 4.68 Å². The Hall–Kier alpha value is -4.02. The van der Waals surface area contributed by atoms with Crippen molar-refractivity contribution < 1.29 is 23.9 Å². The summed E-state index contributed by atoms with van der Waals surface area (Å²) in [5.41, 5.74) is 1.14. The van der Waals surface area contributed by atoms with Gasteiger partial charge < -0.3 is 20.1 Å². The fourth-order valence-corrected chi connectivity index (χ4v) is 2.97. The number of ether oxygens (including phenoxy) is 2. The van der Waals surface area contributed by atoms with Gasteiger partial charge in [-0.25, -0.2) is 14.4 Å². The van der Waals surface area contributed by atoms with Gasteiger partial charge in [-0.05, 0) is 42.8 Å². The number of rotatable bonds is 7. The Balaban J connectivity index is 1.88. The number of carbonyl (C=O) groups is 3. The van der Waals surface area contributed by atoms with Crippen molar-refractivity contribution in [2.75, 3.05) is 13.2 Å². The Kier molecular flexibility index (Phi) is 6.75. The van der Waals surface area contributed by atoms with E-state index in [9.17, 15) is 14.4 Å². The molecule has 11 nitrogen and oxygen atoms in total. The van der Waals surface area contributed by atoms with E-state index in [-0.39, 0.29) is 30.2 Å². The summed E-state index contributed by atoms with van der Waals surface area (Å²) in [7, 11) is 0. The number of aromatic nitrogens is 4. The summed E-state index contributed by atoms with van der Waals surface area (Å²) in [4.78, 5) is 37.1. The quantitative estimate of drug-likeness (QED) is 0.495. The van der Waals surface area contributed by atoms with Crippen LogP contribution in [0.3, 0.4) is 0 Å². The number of aryl methyl sites for hydroxylation is 1. The molecule has 2 N–H and O–H groups in total. The highest BCUT2D eigenvalue weighted by atomic mass is 16.5. The van der Waals surface area contributed by atoms with Crippen LogP contribution in [0.15, 0.2) is 41.6 Å². The molecule has 1 aliphatic rings. The molecule has 2 amide bonds. The summed E-state index contributed by atoms with van der Waals surface area (Å²) in [6.07, 6.45) is 1.58. The minimum Gasteiger partial charge on any atom is -0.463 e. The number of nitrogens with one attached hydrogen (secondary N) is 2. The Morgan fingerprint density at radius 3 is 2.61 bits per heavy atom. The summed E-state index contributed by atoms with van der Waals surface area (Å²) in [6.45, 7) is 4.77. The summed E-state index contributed by atoms with van der Waals surface area (Å²) in [5, 5.41) is 16.3. The summed E-state index contributed by atoms with van der Waals surface area (Å²) in [6, 6.07) is 7.99. The van der Waals surface area contributed by atoms with Crippen LogP contribution in [0.5, 0.6) is 0 Å². The highest BCUT2D eigenvalue weighted by molar-refractivity contribution is 6.15. The largest absolute Gasteiger partial charge is 0.463 e. The molecule has 0 saturated heterocycles. The maximum Gasteiger partial charge on any atom is 0.357 e.